The molecule has 1 amide bonds. The van der Waals surface area contributed by atoms with Crippen molar-refractivity contribution < 1.29 is 9.53 Å². The van der Waals surface area contributed by atoms with Crippen molar-refractivity contribution in [2.45, 2.75) is 13.3 Å². The largest absolute Gasteiger partial charge is 0.450 e. The zero-order valence-electron chi connectivity index (χ0n) is 14.3. The van der Waals surface area contributed by atoms with Crippen LogP contribution in [0.4, 0.5) is 22.1 Å². The summed E-state index contributed by atoms with van der Waals surface area (Å²) in [5.41, 5.74) is 8.53. The zero-order valence-corrected chi connectivity index (χ0v) is 15.1. The first-order valence-corrected chi connectivity index (χ1v) is 8.64. The minimum Gasteiger partial charge on any atom is -0.450 e. The van der Waals surface area contributed by atoms with Gasteiger partial charge in [-0.2, -0.15) is 0 Å². The van der Waals surface area contributed by atoms with E-state index in [2.05, 4.69) is 20.6 Å². The van der Waals surface area contributed by atoms with Gasteiger partial charge < -0.3 is 20.8 Å². The van der Waals surface area contributed by atoms with E-state index < -0.39 is 6.09 Å². The summed E-state index contributed by atoms with van der Waals surface area (Å²) in [4.78, 5) is 18.9. The van der Waals surface area contributed by atoms with Crippen LogP contribution in [-0.4, -0.2) is 29.2 Å². The van der Waals surface area contributed by atoms with Crippen molar-refractivity contribution >= 4 is 45.9 Å². The van der Waals surface area contributed by atoms with Gasteiger partial charge in [-0.05, 0) is 49.2 Å². The highest BCUT2D eigenvalue weighted by Gasteiger charge is 2.08. The van der Waals surface area contributed by atoms with E-state index in [1.807, 2.05) is 24.4 Å². The van der Waals surface area contributed by atoms with Crippen molar-refractivity contribution in [3.8, 4) is 0 Å². The molecule has 3 aromatic rings. The molecule has 0 aliphatic carbocycles. The number of nitrogen functional groups attached to an aromatic ring is 1. The third-order valence-electron chi connectivity index (χ3n) is 3.87. The number of aromatic nitrogens is 2. The molecule has 0 unspecified atom stereocenters. The molecule has 3 rings (SSSR count). The van der Waals surface area contributed by atoms with E-state index in [0.717, 1.165) is 17.3 Å². The number of aromatic amines is 1. The number of benzene rings is 1. The third-order valence-corrected chi connectivity index (χ3v) is 4.10. The summed E-state index contributed by atoms with van der Waals surface area (Å²) in [7, 11) is 0. The molecule has 0 radical (unpaired) electrons. The van der Waals surface area contributed by atoms with Gasteiger partial charge in [-0.25, -0.2) is 9.78 Å². The number of nitrogens with one attached hydrogen (secondary N) is 3. The van der Waals surface area contributed by atoms with E-state index >= 15 is 0 Å². The highest BCUT2D eigenvalue weighted by Crippen LogP contribution is 2.23. The van der Waals surface area contributed by atoms with Crippen molar-refractivity contribution in [2.75, 3.05) is 29.5 Å². The Hall–Kier alpha value is -2.93. The molecule has 1 aromatic carbocycles. The van der Waals surface area contributed by atoms with Gasteiger partial charge in [0.05, 0.1) is 12.3 Å². The number of hydrogen-bond donors (Lipinski definition) is 4. The minimum absolute atomic E-state index is 0.224. The van der Waals surface area contributed by atoms with Crippen molar-refractivity contribution in [1.29, 1.82) is 0 Å². The number of halogens is 1. The number of nitrogens with zero attached hydrogens (tertiary/aromatic N) is 1. The molecule has 0 fully saturated rings. The first-order valence-electron chi connectivity index (χ1n) is 8.26. The second-order valence-corrected chi connectivity index (χ2v) is 6.09. The molecule has 26 heavy (non-hydrogen) atoms. The van der Waals surface area contributed by atoms with Crippen LogP contribution >= 0.6 is 11.6 Å². The van der Waals surface area contributed by atoms with Crippen LogP contribution in [0.1, 0.15) is 12.5 Å². The second kappa shape index (κ2) is 7.97. The smallest absolute Gasteiger partial charge is 0.411 e. The minimum atomic E-state index is -0.556. The summed E-state index contributed by atoms with van der Waals surface area (Å²) >= 11 is 6.07. The van der Waals surface area contributed by atoms with E-state index in [9.17, 15) is 4.79 Å². The standard InChI is InChI=1S/C18H20ClN5O2/c1-2-26-18(25)23-15-5-6-16(24-17(15)20)21-8-7-11-10-22-14-4-3-12(19)9-13(11)14/h3-6,9-10,22H,2,7-8H2,1H3,(H,23,25)(H3,20,21,24). The van der Waals surface area contributed by atoms with E-state index in [1.54, 1.807) is 19.1 Å². The fourth-order valence-corrected chi connectivity index (χ4v) is 2.81. The third kappa shape index (κ3) is 4.18. The number of amides is 1. The van der Waals surface area contributed by atoms with Crippen molar-refractivity contribution in [1.82, 2.24) is 9.97 Å². The quantitative estimate of drug-likeness (QED) is 0.522. The Morgan fingerprint density at radius 3 is 2.96 bits per heavy atom. The van der Waals surface area contributed by atoms with Gasteiger partial charge in [0.1, 0.15) is 11.6 Å². The van der Waals surface area contributed by atoms with Gasteiger partial charge in [0.15, 0.2) is 0 Å². The van der Waals surface area contributed by atoms with Gasteiger partial charge in [-0.15, -0.1) is 0 Å². The topological polar surface area (TPSA) is 105 Å². The molecular weight excluding hydrogens is 354 g/mol. The van der Waals surface area contributed by atoms with Crippen LogP contribution in [0.2, 0.25) is 5.02 Å². The maximum Gasteiger partial charge on any atom is 0.411 e. The number of hydrogen-bond acceptors (Lipinski definition) is 5. The van der Waals surface area contributed by atoms with Gasteiger partial charge >= 0.3 is 6.09 Å². The highest BCUT2D eigenvalue weighted by atomic mass is 35.5. The van der Waals surface area contributed by atoms with Gasteiger partial charge in [0, 0.05) is 28.7 Å². The summed E-state index contributed by atoms with van der Waals surface area (Å²) < 4.78 is 4.82. The van der Waals surface area contributed by atoms with Crippen LogP contribution in [0.15, 0.2) is 36.5 Å². The summed E-state index contributed by atoms with van der Waals surface area (Å²) in [6.07, 6.45) is 2.22. The number of carbonyl (C=O) groups is 1. The average Bonchev–Trinajstić information content (AvgIpc) is 3.00. The highest BCUT2D eigenvalue weighted by molar-refractivity contribution is 6.31. The number of pyridine rings is 1. The first kappa shape index (κ1) is 17.9. The molecule has 2 heterocycles. The van der Waals surface area contributed by atoms with Crippen LogP contribution in [0, 0.1) is 0 Å². The molecule has 0 spiro atoms. The van der Waals surface area contributed by atoms with Crippen molar-refractivity contribution in [3.05, 3.63) is 47.1 Å². The van der Waals surface area contributed by atoms with Gasteiger partial charge in [0.2, 0.25) is 0 Å². The van der Waals surface area contributed by atoms with E-state index in [-0.39, 0.29) is 12.4 Å². The molecule has 5 N–H and O–H groups in total. The molecular formula is C18H20ClN5O2. The summed E-state index contributed by atoms with van der Waals surface area (Å²) in [5.74, 6) is 0.858. The molecule has 0 atom stereocenters. The van der Waals surface area contributed by atoms with Crippen LogP contribution in [0.25, 0.3) is 10.9 Å². The fourth-order valence-electron chi connectivity index (χ4n) is 2.64. The predicted octanol–water partition coefficient (Wildman–Crippen LogP) is 4.02. The Bertz CT molecular complexity index is 925. The lowest BCUT2D eigenvalue weighted by Crippen LogP contribution is -2.15. The predicted molar refractivity (Wildman–Crippen MR) is 105 cm³/mol. The second-order valence-electron chi connectivity index (χ2n) is 5.66. The summed E-state index contributed by atoms with van der Waals surface area (Å²) in [6, 6.07) is 9.22. The van der Waals surface area contributed by atoms with Crippen LogP contribution in [-0.2, 0) is 11.2 Å². The average molecular weight is 374 g/mol. The molecule has 2 aromatic heterocycles. The first-order chi connectivity index (χ1) is 12.6. The Morgan fingerprint density at radius 2 is 2.19 bits per heavy atom. The van der Waals surface area contributed by atoms with Crippen molar-refractivity contribution in [3.63, 3.8) is 0 Å². The van der Waals surface area contributed by atoms with Gasteiger partial charge in [-0.3, -0.25) is 5.32 Å². The lowest BCUT2D eigenvalue weighted by atomic mass is 10.1. The molecule has 0 saturated carbocycles. The summed E-state index contributed by atoms with van der Waals surface area (Å²) in [5, 5.41) is 7.60. The number of H-pyrrole nitrogens is 1. The van der Waals surface area contributed by atoms with Crippen LogP contribution < -0.4 is 16.4 Å². The number of nitrogens with two attached hydrogens (primary N) is 1. The molecule has 0 bridgehead atoms. The summed E-state index contributed by atoms with van der Waals surface area (Å²) in [6.45, 7) is 2.70. The molecule has 0 aliphatic rings. The molecule has 8 heteroatoms. The maximum atomic E-state index is 11.4. The van der Waals surface area contributed by atoms with E-state index in [1.165, 1.54) is 5.56 Å². The lowest BCUT2D eigenvalue weighted by Gasteiger charge is -2.10. The van der Waals surface area contributed by atoms with E-state index in [4.69, 9.17) is 22.1 Å². The Balaban J connectivity index is 1.60. The van der Waals surface area contributed by atoms with E-state index in [0.29, 0.717) is 23.1 Å². The maximum absolute atomic E-state index is 11.4. The van der Waals surface area contributed by atoms with Crippen LogP contribution in [0.3, 0.4) is 0 Å². The number of fused-ring (bicyclic) bond motifs is 1. The Labute approximate surface area is 155 Å². The Morgan fingerprint density at radius 1 is 1.35 bits per heavy atom. The normalized spacial score (nSPS) is 10.7. The number of ether oxygens (including phenoxy) is 1. The zero-order chi connectivity index (χ0) is 18.5. The number of anilines is 3. The SMILES string of the molecule is CCOC(=O)Nc1ccc(NCCc2c[nH]c3ccc(Cl)cc23)nc1N. The molecule has 0 saturated heterocycles. The van der Waals surface area contributed by atoms with Crippen LogP contribution in [0.5, 0.6) is 0 Å². The lowest BCUT2D eigenvalue weighted by molar-refractivity contribution is 0.168. The molecule has 136 valence electrons. The monoisotopic (exact) mass is 373 g/mol. The number of rotatable bonds is 6. The van der Waals surface area contributed by atoms with Crippen molar-refractivity contribution in [2.24, 2.45) is 0 Å². The fraction of sp³-hybridized carbons (Fsp3) is 0.222. The van der Waals surface area contributed by atoms with Gasteiger partial charge in [-0.1, -0.05) is 11.6 Å². The molecule has 7 nitrogen and oxygen atoms in total. The van der Waals surface area contributed by atoms with Gasteiger partial charge in [0.25, 0.3) is 0 Å². The molecule has 0 aliphatic heterocycles. The number of carbonyl (C=O) groups excluding carboxylic acids is 1. The Kier molecular flexibility index (Phi) is 5.48.